The number of nitrogens with one attached hydrogen (secondary N) is 2. The van der Waals surface area contributed by atoms with Crippen LogP contribution in [0.5, 0.6) is 5.75 Å². The molecular formula is C16H21N3O3. The number of carbonyl (C=O) groups excluding carboxylic acids is 2. The number of rotatable bonds is 9. The third-order valence-electron chi connectivity index (χ3n) is 3.05. The van der Waals surface area contributed by atoms with Gasteiger partial charge in [-0.1, -0.05) is 18.2 Å². The van der Waals surface area contributed by atoms with E-state index in [0.717, 1.165) is 11.3 Å². The zero-order chi connectivity index (χ0) is 16.2. The average Bonchev–Trinajstić information content (AvgIpc) is 2.53. The van der Waals surface area contributed by atoms with Crippen molar-refractivity contribution in [3.63, 3.8) is 0 Å². The molecule has 2 amide bonds. The van der Waals surface area contributed by atoms with Crippen LogP contribution in [0.4, 0.5) is 0 Å². The molecule has 0 radical (unpaired) electrons. The van der Waals surface area contributed by atoms with Crippen molar-refractivity contribution in [2.45, 2.75) is 25.7 Å². The van der Waals surface area contributed by atoms with Crippen molar-refractivity contribution in [1.29, 1.82) is 5.26 Å². The second-order valence-electron chi connectivity index (χ2n) is 4.70. The number of nitrogens with zero attached hydrogens (tertiary/aromatic N) is 1. The number of aryl methyl sites for hydroxylation is 1. The zero-order valence-electron chi connectivity index (χ0n) is 12.7. The van der Waals surface area contributed by atoms with Gasteiger partial charge in [-0.15, -0.1) is 0 Å². The first-order chi connectivity index (χ1) is 10.7. The molecule has 0 heterocycles. The van der Waals surface area contributed by atoms with Crippen LogP contribution in [-0.2, 0) is 16.0 Å². The van der Waals surface area contributed by atoms with Crippen molar-refractivity contribution in [3.05, 3.63) is 29.8 Å². The predicted molar refractivity (Wildman–Crippen MR) is 82.2 cm³/mol. The molecule has 0 aliphatic carbocycles. The first-order valence-corrected chi connectivity index (χ1v) is 7.19. The molecule has 0 saturated carbocycles. The number of carbonyl (C=O) groups is 2. The molecule has 1 aromatic carbocycles. The smallest absolute Gasteiger partial charge is 0.234 e. The van der Waals surface area contributed by atoms with Gasteiger partial charge in [0.2, 0.25) is 11.8 Å². The van der Waals surface area contributed by atoms with E-state index in [1.165, 1.54) is 0 Å². The molecule has 1 aromatic rings. The Hall–Kier alpha value is -2.55. The summed E-state index contributed by atoms with van der Waals surface area (Å²) >= 11 is 0. The number of benzene rings is 1. The van der Waals surface area contributed by atoms with Gasteiger partial charge in [0.15, 0.2) is 0 Å². The van der Waals surface area contributed by atoms with E-state index in [4.69, 9.17) is 10.00 Å². The quantitative estimate of drug-likeness (QED) is 0.670. The van der Waals surface area contributed by atoms with Gasteiger partial charge in [0.25, 0.3) is 0 Å². The van der Waals surface area contributed by atoms with Gasteiger partial charge in [-0.3, -0.25) is 9.59 Å². The van der Waals surface area contributed by atoms with E-state index in [1.54, 1.807) is 13.2 Å². The summed E-state index contributed by atoms with van der Waals surface area (Å²) < 4.78 is 5.24. The third-order valence-corrected chi connectivity index (χ3v) is 3.05. The lowest BCUT2D eigenvalue weighted by molar-refractivity contribution is -0.121. The van der Waals surface area contributed by atoms with Crippen LogP contribution >= 0.6 is 0 Å². The van der Waals surface area contributed by atoms with Crippen molar-refractivity contribution in [3.8, 4) is 11.8 Å². The number of para-hydroxylation sites is 1. The molecular weight excluding hydrogens is 282 g/mol. The van der Waals surface area contributed by atoms with Gasteiger partial charge in [-0.2, -0.15) is 5.26 Å². The minimum atomic E-state index is -0.287. The normalized spacial score (nSPS) is 9.64. The molecule has 0 spiro atoms. The Labute approximate surface area is 130 Å². The fourth-order valence-corrected chi connectivity index (χ4v) is 1.92. The molecule has 118 valence electrons. The molecule has 0 saturated heterocycles. The monoisotopic (exact) mass is 303 g/mol. The fourth-order valence-electron chi connectivity index (χ4n) is 1.92. The Morgan fingerprint density at radius 1 is 1.18 bits per heavy atom. The van der Waals surface area contributed by atoms with E-state index in [2.05, 4.69) is 10.6 Å². The van der Waals surface area contributed by atoms with E-state index in [0.29, 0.717) is 32.4 Å². The van der Waals surface area contributed by atoms with E-state index in [1.807, 2.05) is 24.3 Å². The summed E-state index contributed by atoms with van der Waals surface area (Å²) in [6.07, 6.45) is 1.51. The molecule has 0 atom stereocenters. The van der Waals surface area contributed by atoms with E-state index >= 15 is 0 Å². The van der Waals surface area contributed by atoms with E-state index in [9.17, 15) is 9.59 Å². The number of hydrogen-bond acceptors (Lipinski definition) is 4. The van der Waals surface area contributed by atoms with Crippen LogP contribution < -0.4 is 15.4 Å². The van der Waals surface area contributed by atoms with Crippen molar-refractivity contribution in [1.82, 2.24) is 10.6 Å². The van der Waals surface area contributed by atoms with Gasteiger partial charge >= 0.3 is 0 Å². The lowest BCUT2D eigenvalue weighted by atomic mass is 10.1. The van der Waals surface area contributed by atoms with Crippen molar-refractivity contribution < 1.29 is 14.3 Å². The minimum absolute atomic E-state index is 0.0331. The SMILES string of the molecule is COc1ccccc1CCC(=O)NCCCNC(=O)CC#N. The average molecular weight is 303 g/mol. The van der Waals surface area contributed by atoms with Gasteiger partial charge < -0.3 is 15.4 Å². The number of methoxy groups -OCH3 is 1. The molecule has 1 rings (SSSR count). The molecule has 0 fully saturated rings. The summed E-state index contributed by atoms with van der Waals surface area (Å²) in [7, 11) is 1.61. The Morgan fingerprint density at radius 2 is 1.86 bits per heavy atom. The molecule has 6 nitrogen and oxygen atoms in total. The Balaban J connectivity index is 2.16. The summed E-state index contributed by atoms with van der Waals surface area (Å²) in [5.41, 5.74) is 1.00. The third kappa shape index (κ3) is 6.75. The van der Waals surface area contributed by atoms with Crippen LogP contribution in [0.1, 0.15) is 24.8 Å². The van der Waals surface area contributed by atoms with Gasteiger partial charge in [0.05, 0.1) is 13.2 Å². The second kappa shape index (κ2) is 10.2. The lowest BCUT2D eigenvalue weighted by Crippen LogP contribution is -2.29. The summed E-state index contributed by atoms with van der Waals surface area (Å²) in [5.74, 6) is 0.467. The molecule has 2 N–H and O–H groups in total. The van der Waals surface area contributed by atoms with Gasteiger partial charge in [0.1, 0.15) is 12.2 Å². The molecule has 0 aromatic heterocycles. The van der Waals surface area contributed by atoms with Crippen molar-refractivity contribution in [2.75, 3.05) is 20.2 Å². The second-order valence-corrected chi connectivity index (χ2v) is 4.70. The van der Waals surface area contributed by atoms with Crippen LogP contribution in [0.2, 0.25) is 0 Å². The fraction of sp³-hybridized carbons (Fsp3) is 0.438. The number of ether oxygens (including phenoxy) is 1. The minimum Gasteiger partial charge on any atom is -0.496 e. The van der Waals surface area contributed by atoms with Crippen LogP contribution in [0.15, 0.2) is 24.3 Å². The first kappa shape index (κ1) is 17.5. The number of hydrogen-bond donors (Lipinski definition) is 2. The van der Waals surface area contributed by atoms with Gasteiger partial charge in [0, 0.05) is 19.5 Å². The molecule has 0 aliphatic rings. The van der Waals surface area contributed by atoms with E-state index < -0.39 is 0 Å². The summed E-state index contributed by atoms with van der Waals surface area (Å²) in [4.78, 5) is 22.8. The Morgan fingerprint density at radius 3 is 2.55 bits per heavy atom. The van der Waals surface area contributed by atoms with Gasteiger partial charge in [-0.05, 0) is 24.5 Å². The standard InChI is InChI=1S/C16H21N3O3/c1-22-14-6-3-2-5-13(14)7-8-15(20)18-11-4-12-19-16(21)9-10-17/h2-3,5-6H,4,7-9,11-12H2,1H3,(H,18,20)(H,19,21). The molecule has 0 bridgehead atoms. The Kier molecular flexibility index (Phi) is 8.13. The molecule has 22 heavy (non-hydrogen) atoms. The van der Waals surface area contributed by atoms with Crippen LogP contribution in [0, 0.1) is 11.3 Å². The highest BCUT2D eigenvalue weighted by molar-refractivity contribution is 5.78. The van der Waals surface area contributed by atoms with Crippen molar-refractivity contribution >= 4 is 11.8 Å². The van der Waals surface area contributed by atoms with Crippen LogP contribution in [0.25, 0.3) is 0 Å². The molecule has 6 heteroatoms. The number of amides is 2. The van der Waals surface area contributed by atoms with Crippen LogP contribution in [0.3, 0.4) is 0 Å². The first-order valence-electron chi connectivity index (χ1n) is 7.19. The zero-order valence-corrected chi connectivity index (χ0v) is 12.7. The molecule has 0 unspecified atom stereocenters. The summed E-state index contributed by atoms with van der Waals surface area (Å²) in [6, 6.07) is 9.40. The van der Waals surface area contributed by atoms with Crippen LogP contribution in [-0.4, -0.2) is 32.0 Å². The summed E-state index contributed by atoms with van der Waals surface area (Å²) in [5, 5.41) is 13.7. The molecule has 0 aliphatic heterocycles. The maximum atomic E-state index is 11.7. The largest absolute Gasteiger partial charge is 0.496 e. The maximum Gasteiger partial charge on any atom is 0.234 e. The van der Waals surface area contributed by atoms with E-state index in [-0.39, 0.29) is 18.2 Å². The predicted octanol–water partition coefficient (Wildman–Crippen LogP) is 1.16. The highest BCUT2D eigenvalue weighted by Crippen LogP contribution is 2.18. The maximum absolute atomic E-state index is 11.7. The number of nitriles is 1. The topological polar surface area (TPSA) is 91.2 Å². The summed E-state index contributed by atoms with van der Waals surface area (Å²) in [6.45, 7) is 0.949. The Bertz CT molecular complexity index is 538. The highest BCUT2D eigenvalue weighted by Gasteiger charge is 2.06. The van der Waals surface area contributed by atoms with Gasteiger partial charge in [-0.25, -0.2) is 0 Å². The van der Waals surface area contributed by atoms with Crippen molar-refractivity contribution in [2.24, 2.45) is 0 Å². The lowest BCUT2D eigenvalue weighted by Gasteiger charge is -2.08. The highest BCUT2D eigenvalue weighted by atomic mass is 16.5.